The molecule has 1 heterocycles. The summed E-state index contributed by atoms with van der Waals surface area (Å²) in [5.41, 5.74) is 3.99. The highest BCUT2D eigenvalue weighted by atomic mass is 16.3. The van der Waals surface area contributed by atoms with Gasteiger partial charge in [-0.1, -0.05) is 54.6 Å². The summed E-state index contributed by atoms with van der Waals surface area (Å²) in [6, 6.07) is 19.7. The summed E-state index contributed by atoms with van der Waals surface area (Å²) in [4.78, 5) is 2.54. The van der Waals surface area contributed by atoms with Crippen LogP contribution in [0.5, 0.6) is 0 Å². The van der Waals surface area contributed by atoms with E-state index < -0.39 is 0 Å². The van der Waals surface area contributed by atoms with Crippen LogP contribution in [0.4, 0.5) is 0 Å². The van der Waals surface area contributed by atoms with E-state index in [1.165, 1.54) is 23.1 Å². The highest BCUT2D eigenvalue weighted by Gasteiger charge is 2.33. The van der Waals surface area contributed by atoms with Gasteiger partial charge >= 0.3 is 0 Å². The van der Waals surface area contributed by atoms with Crippen LogP contribution in [0.15, 0.2) is 54.6 Å². The number of aliphatic hydroxyl groups excluding tert-OH is 1. The van der Waals surface area contributed by atoms with Crippen LogP contribution in [0.3, 0.4) is 0 Å². The van der Waals surface area contributed by atoms with E-state index in [1.54, 1.807) is 0 Å². The van der Waals surface area contributed by atoms with Crippen molar-refractivity contribution in [2.75, 3.05) is 19.6 Å². The molecule has 1 fully saturated rings. The van der Waals surface area contributed by atoms with E-state index in [4.69, 9.17) is 0 Å². The first-order valence-corrected chi connectivity index (χ1v) is 9.08. The standard InChI is InChI=1S/C21H26N2O/c24-20-14-17-8-4-5-9-19(17)21(20)22-18-11-13-23(15-18)12-10-16-6-2-1-3-7-16/h1-9,18,20-22,24H,10-15H2. The van der Waals surface area contributed by atoms with Crippen molar-refractivity contribution in [2.45, 2.75) is 37.5 Å². The number of benzene rings is 2. The molecule has 3 atom stereocenters. The first kappa shape index (κ1) is 15.8. The van der Waals surface area contributed by atoms with Crippen LogP contribution in [-0.2, 0) is 12.8 Å². The topological polar surface area (TPSA) is 35.5 Å². The zero-order valence-electron chi connectivity index (χ0n) is 14.1. The summed E-state index contributed by atoms with van der Waals surface area (Å²) >= 11 is 0. The number of rotatable bonds is 5. The van der Waals surface area contributed by atoms with Gasteiger partial charge in [-0.25, -0.2) is 0 Å². The SMILES string of the molecule is OC1Cc2ccccc2C1NC1CCN(CCc2ccccc2)C1. The molecule has 2 aliphatic rings. The van der Waals surface area contributed by atoms with E-state index in [9.17, 15) is 5.11 Å². The molecule has 24 heavy (non-hydrogen) atoms. The van der Waals surface area contributed by atoms with Crippen molar-refractivity contribution >= 4 is 0 Å². The zero-order chi connectivity index (χ0) is 16.4. The lowest BCUT2D eigenvalue weighted by atomic mass is 10.1. The van der Waals surface area contributed by atoms with Crippen LogP contribution in [0, 0.1) is 0 Å². The Hall–Kier alpha value is -1.68. The van der Waals surface area contributed by atoms with Crippen LogP contribution >= 0.6 is 0 Å². The fraction of sp³-hybridized carbons (Fsp3) is 0.429. The lowest BCUT2D eigenvalue weighted by Gasteiger charge is -2.23. The van der Waals surface area contributed by atoms with Crippen LogP contribution < -0.4 is 5.32 Å². The molecule has 0 amide bonds. The fourth-order valence-electron chi connectivity index (χ4n) is 4.13. The first-order valence-electron chi connectivity index (χ1n) is 9.08. The highest BCUT2D eigenvalue weighted by molar-refractivity contribution is 5.36. The Morgan fingerprint density at radius 3 is 2.71 bits per heavy atom. The molecule has 1 saturated heterocycles. The van der Waals surface area contributed by atoms with E-state index in [2.05, 4.69) is 64.8 Å². The van der Waals surface area contributed by atoms with Crippen molar-refractivity contribution in [1.29, 1.82) is 0 Å². The third kappa shape index (κ3) is 3.39. The molecule has 2 N–H and O–H groups in total. The number of aliphatic hydroxyl groups is 1. The normalized spacial score (nSPS) is 26.6. The second kappa shape index (κ2) is 7.06. The van der Waals surface area contributed by atoms with Gasteiger partial charge in [-0.3, -0.25) is 0 Å². The van der Waals surface area contributed by atoms with Crippen molar-refractivity contribution in [2.24, 2.45) is 0 Å². The molecular weight excluding hydrogens is 296 g/mol. The van der Waals surface area contributed by atoms with E-state index in [0.717, 1.165) is 32.5 Å². The van der Waals surface area contributed by atoms with Gasteiger partial charge in [0.15, 0.2) is 0 Å². The van der Waals surface area contributed by atoms with Crippen molar-refractivity contribution in [3.05, 3.63) is 71.3 Å². The average Bonchev–Trinajstić information content (AvgIpc) is 3.19. The third-order valence-electron chi connectivity index (χ3n) is 5.45. The smallest absolute Gasteiger partial charge is 0.0775 e. The number of hydrogen-bond donors (Lipinski definition) is 2. The molecular formula is C21H26N2O. The summed E-state index contributed by atoms with van der Waals surface area (Å²) in [5, 5.41) is 14.1. The van der Waals surface area contributed by atoms with Crippen molar-refractivity contribution in [3.63, 3.8) is 0 Å². The molecule has 4 rings (SSSR count). The Bertz CT molecular complexity index is 673. The Morgan fingerprint density at radius 2 is 1.83 bits per heavy atom. The molecule has 1 aliphatic carbocycles. The van der Waals surface area contributed by atoms with Crippen molar-refractivity contribution in [3.8, 4) is 0 Å². The van der Waals surface area contributed by atoms with Gasteiger partial charge in [0.25, 0.3) is 0 Å². The Kier molecular flexibility index (Phi) is 4.65. The van der Waals surface area contributed by atoms with Gasteiger partial charge < -0.3 is 15.3 Å². The molecule has 0 aromatic heterocycles. The maximum atomic E-state index is 10.4. The third-order valence-corrected chi connectivity index (χ3v) is 5.45. The second-order valence-corrected chi connectivity index (χ2v) is 7.14. The molecule has 3 unspecified atom stereocenters. The summed E-state index contributed by atoms with van der Waals surface area (Å²) < 4.78 is 0. The Labute approximate surface area is 144 Å². The van der Waals surface area contributed by atoms with Gasteiger partial charge in [-0.15, -0.1) is 0 Å². The fourth-order valence-corrected chi connectivity index (χ4v) is 4.13. The van der Waals surface area contributed by atoms with Crippen molar-refractivity contribution in [1.82, 2.24) is 10.2 Å². The molecule has 0 saturated carbocycles. The first-order chi connectivity index (χ1) is 11.8. The Morgan fingerprint density at radius 1 is 1.04 bits per heavy atom. The molecule has 3 heteroatoms. The zero-order valence-corrected chi connectivity index (χ0v) is 14.1. The van der Waals surface area contributed by atoms with E-state index >= 15 is 0 Å². The van der Waals surface area contributed by atoms with Crippen LogP contribution in [-0.4, -0.2) is 41.8 Å². The highest BCUT2D eigenvalue weighted by Crippen LogP contribution is 2.32. The molecule has 0 spiro atoms. The minimum absolute atomic E-state index is 0.0975. The average molecular weight is 322 g/mol. The summed E-state index contributed by atoms with van der Waals surface area (Å²) in [7, 11) is 0. The predicted molar refractivity (Wildman–Crippen MR) is 97.0 cm³/mol. The molecule has 1 aliphatic heterocycles. The molecule has 3 nitrogen and oxygen atoms in total. The van der Waals surface area contributed by atoms with Gasteiger partial charge in [-0.2, -0.15) is 0 Å². The summed E-state index contributed by atoms with van der Waals surface area (Å²) in [6.07, 6.45) is 2.77. The molecule has 2 aromatic carbocycles. The van der Waals surface area contributed by atoms with Crippen molar-refractivity contribution < 1.29 is 5.11 Å². The summed E-state index contributed by atoms with van der Waals surface area (Å²) in [5.74, 6) is 0. The minimum atomic E-state index is -0.291. The number of likely N-dealkylation sites (tertiary alicyclic amines) is 1. The number of nitrogens with zero attached hydrogens (tertiary/aromatic N) is 1. The molecule has 2 aromatic rings. The maximum absolute atomic E-state index is 10.4. The lowest BCUT2D eigenvalue weighted by Crippen LogP contribution is -2.39. The second-order valence-electron chi connectivity index (χ2n) is 7.14. The van der Waals surface area contributed by atoms with E-state index in [-0.39, 0.29) is 12.1 Å². The van der Waals surface area contributed by atoms with E-state index in [0.29, 0.717) is 6.04 Å². The number of nitrogens with one attached hydrogen (secondary N) is 1. The van der Waals surface area contributed by atoms with Gasteiger partial charge in [-0.05, 0) is 36.1 Å². The van der Waals surface area contributed by atoms with Crippen LogP contribution in [0.2, 0.25) is 0 Å². The maximum Gasteiger partial charge on any atom is 0.0775 e. The Balaban J connectivity index is 1.31. The van der Waals surface area contributed by atoms with Crippen LogP contribution in [0.1, 0.15) is 29.2 Å². The number of fused-ring (bicyclic) bond motifs is 1. The van der Waals surface area contributed by atoms with Gasteiger partial charge in [0.1, 0.15) is 0 Å². The minimum Gasteiger partial charge on any atom is -0.391 e. The lowest BCUT2D eigenvalue weighted by molar-refractivity contribution is 0.134. The quantitative estimate of drug-likeness (QED) is 0.888. The molecule has 0 radical (unpaired) electrons. The van der Waals surface area contributed by atoms with E-state index in [1.807, 2.05) is 0 Å². The predicted octanol–water partition coefficient (Wildman–Crippen LogP) is 2.55. The summed E-state index contributed by atoms with van der Waals surface area (Å²) in [6.45, 7) is 3.35. The molecule has 0 bridgehead atoms. The number of hydrogen-bond acceptors (Lipinski definition) is 3. The van der Waals surface area contributed by atoms with Gasteiger partial charge in [0, 0.05) is 25.6 Å². The van der Waals surface area contributed by atoms with Crippen LogP contribution in [0.25, 0.3) is 0 Å². The van der Waals surface area contributed by atoms with Gasteiger partial charge in [0.05, 0.1) is 12.1 Å². The largest absolute Gasteiger partial charge is 0.391 e. The van der Waals surface area contributed by atoms with Gasteiger partial charge in [0.2, 0.25) is 0 Å². The molecule has 126 valence electrons. The monoisotopic (exact) mass is 322 g/mol.